The summed E-state index contributed by atoms with van der Waals surface area (Å²) in [4.78, 5) is 16.8. The average molecular weight is 208 g/mol. The maximum atomic E-state index is 10.7. The standard InChI is InChI=1S/C10H16N4O/c1-12-10-5-3-4-8(13-10)6-14(2)7-9(11)15/h3-5H,6-7H2,1-2H3,(H2,11,15)(H,12,13). The van der Waals surface area contributed by atoms with Crippen molar-refractivity contribution in [2.75, 3.05) is 26.0 Å². The van der Waals surface area contributed by atoms with Gasteiger partial charge in [-0.2, -0.15) is 0 Å². The van der Waals surface area contributed by atoms with E-state index in [4.69, 9.17) is 5.73 Å². The van der Waals surface area contributed by atoms with Gasteiger partial charge >= 0.3 is 0 Å². The summed E-state index contributed by atoms with van der Waals surface area (Å²) < 4.78 is 0. The molecule has 0 atom stereocenters. The van der Waals surface area contributed by atoms with Gasteiger partial charge in [0.15, 0.2) is 0 Å². The van der Waals surface area contributed by atoms with E-state index in [0.717, 1.165) is 11.5 Å². The van der Waals surface area contributed by atoms with Crippen molar-refractivity contribution >= 4 is 11.7 Å². The molecular weight excluding hydrogens is 192 g/mol. The van der Waals surface area contributed by atoms with Crippen LogP contribution >= 0.6 is 0 Å². The Morgan fingerprint density at radius 1 is 1.60 bits per heavy atom. The Hall–Kier alpha value is -1.62. The zero-order valence-corrected chi connectivity index (χ0v) is 9.03. The molecule has 1 heterocycles. The lowest BCUT2D eigenvalue weighted by molar-refractivity contribution is -0.118. The minimum absolute atomic E-state index is 0.242. The van der Waals surface area contributed by atoms with Crippen LogP contribution in [0.2, 0.25) is 0 Å². The van der Waals surface area contributed by atoms with Crippen molar-refractivity contribution in [1.29, 1.82) is 0 Å². The molecule has 5 nitrogen and oxygen atoms in total. The first-order chi connectivity index (χ1) is 7.11. The van der Waals surface area contributed by atoms with E-state index < -0.39 is 0 Å². The quantitative estimate of drug-likeness (QED) is 0.716. The molecule has 0 bridgehead atoms. The first-order valence-corrected chi connectivity index (χ1v) is 4.72. The summed E-state index contributed by atoms with van der Waals surface area (Å²) in [7, 11) is 3.65. The highest BCUT2D eigenvalue weighted by Crippen LogP contribution is 2.05. The second kappa shape index (κ2) is 5.31. The summed E-state index contributed by atoms with van der Waals surface area (Å²) in [5.74, 6) is 0.488. The Morgan fingerprint density at radius 3 is 2.93 bits per heavy atom. The molecule has 0 aliphatic carbocycles. The SMILES string of the molecule is CNc1cccc(CN(C)CC(N)=O)n1. The molecular formula is C10H16N4O. The Morgan fingerprint density at radius 2 is 2.33 bits per heavy atom. The molecule has 0 aromatic carbocycles. The van der Waals surface area contributed by atoms with Crippen LogP contribution in [0.5, 0.6) is 0 Å². The van der Waals surface area contributed by atoms with E-state index in [9.17, 15) is 4.79 Å². The van der Waals surface area contributed by atoms with Crippen LogP contribution in [0, 0.1) is 0 Å². The second-order valence-electron chi connectivity index (χ2n) is 3.40. The molecule has 0 unspecified atom stereocenters. The van der Waals surface area contributed by atoms with Gasteiger partial charge in [0.25, 0.3) is 0 Å². The molecule has 1 rings (SSSR count). The number of carbonyl (C=O) groups is 1. The highest BCUT2D eigenvalue weighted by molar-refractivity contribution is 5.75. The lowest BCUT2D eigenvalue weighted by Crippen LogP contribution is -2.30. The highest BCUT2D eigenvalue weighted by Gasteiger charge is 2.04. The fraction of sp³-hybridized carbons (Fsp3) is 0.400. The third kappa shape index (κ3) is 3.95. The summed E-state index contributed by atoms with van der Waals surface area (Å²) >= 11 is 0. The molecule has 3 N–H and O–H groups in total. The number of nitrogens with one attached hydrogen (secondary N) is 1. The number of nitrogens with two attached hydrogens (primary N) is 1. The largest absolute Gasteiger partial charge is 0.373 e. The van der Waals surface area contributed by atoms with Gasteiger partial charge in [0.2, 0.25) is 5.91 Å². The lowest BCUT2D eigenvalue weighted by Gasteiger charge is -2.14. The maximum Gasteiger partial charge on any atom is 0.231 e. The van der Waals surface area contributed by atoms with Crippen molar-refractivity contribution in [2.24, 2.45) is 5.73 Å². The molecule has 0 radical (unpaired) electrons. The van der Waals surface area contributed by atoms with Gasteiger partial charge in [-0.05, 0) is 19.2 Å². The average Bonchev–Trinajstić information content (AvgIpc) is 2.16. The fourth-order valence-electron chi connectivity index (χ4n) is 1.31. The normalized spacial score (nSPS) is 10.3. The number of anilines is 1. The van der Waals surface area contributed by atoms with Crippen molar-refractivity contribution in [3.8, 4) is 0 Å². The first-order valence-electron chi connectivity index (χ1n) is 4.72. The summed E-state index contributed by atoms with van der Waals surface area (Å²) in [6.45, 7) is 0.851. The molecule has 0 saturated heterocycles. The summed E-state index contributed by atoms with van der Waals surface area (Å²) in [5.41, 5.74) is 6.00. The number of pyridine rings is 1. The zero-order chi connectivity index (χ0) is 11.3. The molecule has 5 heteroatoms. The van der Waals surface area contributed by atoms with E-state index in [1.165, 1.54) is 0 Å². The number of aromatic nitrogens is 1. The van der Waals surface area contributed by atoms with Gasteiger partial charge in [0, 0.05) is 13.6 Å². The smallest absolute Gasteiger partial charge is 0.231 e. The first kappa shape index (κ1) is 11.5. The van der Waals surface area contributed by atoms with E-state index in [1.807, 2.05) is 37.2 Å². The zero-order valence-electron chi connectivity index (χ0n) is 9.03. The number of nitrogens with zero attached hydrogens (tertiary/aromatic N) is 2. The molecule has 0 aliphatic rings. The number of primary amides is 1. The maximum absolute atomic E-state index is 10.7. The number of hydrogen-bond donors (Lipinski definition) is 2. The van der Waals surface area contributed by atoms with E-state index in [2.05, 4.69) is 10.3 Å². The van der Waals surface area contributed by atoms with Crippen molar-refractivity contribution in [3.63, 3.8) is 0 Å². The van der Waals surface area contributed by atoms with Gasteiger partial charge in [-0.3, -0.25) is 9.69 Å². The number of rotatable bonds is 5. The highest BCUT2D eigenvalue weighted by atomic mass is 16.1. The Balaban J connectivity index is 2.59. The molecule has 1 amide bonds. The van der Waals surface area contributed by atoms with Crippen LogP contribution in [0.25, 0.3) is 0 Å². The van der Waals surface area contributed by atoms with Crippen molar-refractivity contribution < 1.29 is 4.79 Å². The van der Waals surface area contributed by atoms with E-state index in [-0.39, 0.29) is 12.5 Å². The second-order valence-corrected chi connectivity index (χ2v) is 3.40. The fourth-order valence-corrected chi connectivity index (χ4v) is 1.31. The van der Waals surface area contributed by atoms with Gasteiger partial charge in [-0.15, -0.1) is 0 Å². The Kier molecular flexibility index (Phi) is 4.05. The Labute approximate surface area is 89.3 Å². The number of carbonyl (C=O) groups excluding carboxylic acids is 1. The predicted molar refractivity (Wildman–Crippen MR) is 59.3 cm³/mol. The molecule has 0 spiro atoms. The lowest BCUT2D eigenvalue weighted by atomic mass is 10.3. The van der Waals surface area contributed by atoms with Gasteiger partial charge in [0.05, 0.1) is 12.2 Å². The third-order valence-electron chi connectivity index (χ3n) is 1.92. The predicted octanol–water partition coefficient (Wildman–Crippen LogP) is 0.0404. The van der Waals surface area contributed by atoms with Crippen LogP contribution in [0.4, 0.5) is 5.82 Å². The van der Waals surface area contributed by atoms with Crippen LogP contribution < -0.4 is 11.1 Å². The van der Waals surface area contributed by atoms with Gasteiger partial charge in [-0.25, -0.2) is 4.98 Å². The van der Waals surface area contributed by atoms with Crippen LogP contribution in [0.1, 0.15) is 5.69 Å². The minimum atomic E-state index is -0.331. The monoisotopic (exact) mass is 208 g/mol. The van der Waals surface area contributed by atoms with E-state index in [0.29, 0.717) is 6.54 Å². The van der Waals surface area contributed by atoms with Crippen molar-refractivity contribution in [3.05, 3.63) is 23.9 Å². The number of amides is 1. The van der Waals surface area contributed by atoms with Crippen LogP contribution in [0.3, 0.4) is 0 Å². The van der Waals surface area contributed by atoms with Gasteiger partial charge in [-0.1, -0.05) is 6.07 Å². The molecule has 82 valence electrons. The van der Waals surface area contributed by atoms with Gasteiger partial charge < -0.3 is 11.1 Å². The topological polar surface area (TPSA) is 71.2 Å². The third-order valence-corrected chi connectivity index (χ3v) is 1.92. The minimum Gasteiger partial charge on any atom is -0.373 e. The summed E-state index contributed by atoms with van der Waals surface area (Å²) in [5, 5.41) is 2.96. The summed E-state index contributed by atoms with van der Waals surface area (Å²) in [6, 6.07) is 5.72. The molecule has 1 aromatic heterocycles. The number of hydrogen-bond acceptors (Lipinski definition) is 4. The Bertz CT molecular complexity index is 340. The van der Waals surface area contributed by atoms with Crippen molar-refractivity contribution in [2.45, 2.75) is 6.54 Å². The van der Waals surface area contributed by atoms with E-state index >= 15 is 0 Å². The molecule has 15 heavy (non-hydrogen) atoms. The summed E-state index contributed by atoms with van der Waals surface area (Å²) in [6.07, 6.45) is 0. The van der Waals surface area contributed by atoms with Crippen LogP contribution in [0.15, 0.2) is 18.2 Å². The number of likely N-dealkylation sites (N-methyl/N-ethyl adjacent to an activating group) is 1. The molecule has 0 aliphatic heterocycles. The van der Waals surface area contributed by atoms with Gasteiger partial charge in [0.1, 0.15) is 5.82 Å². The van der Waals surface area contributed by atoms with Crippen LogP contribution in [-0.4, -0.2) is 36.4 Å². The molecule has 0 saturated carbocycles. The molecule has 1 aromatic rings. The van der Waals surface area contributed by atoms with Crippen molar-refractivity contribution in [1.82, 2.24) is 9.88 Å². The van der Waals surface area contributed by atoms with Crippen LogP contribution in [-0.2, 0) is 11.3 Å². The molecule has 0 fully saturated rings. The van der Waals surface area contributed by atoms with E-state index in [1.54, 1.807) is 0 Å².